The number of hydrogen-bond acceptors (Lipinski definition) is 3. The van der Waals surface area contributed by atoms with Gasteiger partial charge in [-0.1, -0.05) is 44.0 Å². The lowest BCUT2D eigenvalue weighted by Gasteiger charge is -2.17. The highest BCUT2D eigenvalue weighted by Crippen LogP contribution is 2.37. The third-order valence-electron chi connectivity index (χ3n) is 2.86. The second-order valence-corrected chi connectivity index (χ2v) is 6.18. The van der Waals surface area contributed by atoms with E-state index in [1.54, 1.807) is 6.07 Å². The van der Waals surface area contributed by atoms with Gasteiger partial charge in [-0.15, -0.1) is 25.6 Å². The molecule has 2 aromatic rings. The van der Waals surface area contributed by atoms with E-state index in [-0.39, 0.29) is 23.9 Å². The minimum atomic E-state index is -4.74. The lowest BCUT2D eigenvalue weighted by atomic mass is 9.99. The maximum Gasteiger partial charge on any atom is 0.573 e. The molecule has 2 aromatic carbocycles. The van der Waals surface area contributed by atoms with Crippen LogP contribution in [-0.2, 0) is 0 Å². The van der Waals surface area contributed by atoms with E-state index in [1.807, 2.05) is 0 Å². The van der Waals surface area contributed by atoms with E-state index >= 15 is 0 Å². The van der Waals surface area contributed by atoms with Crippen LogP contribution in [0.2, 0.25) is 0 Å². The van der Waals surface area contributed by atoms with Crippen molar-refractivity contribution < 1.29 is 23.0 Å². The smallest absolute Gasteiger partial charge is 0.508 e. The van der Waals surface area contributed by atoms with E-state index in [9.17, 15) is 18.3 Å². The van der Waals surface area contributed by atoms with Crippen LogP contribution >= 0.6 is 44.3 Å². The number of halogens is 6. The number of alkyl halides is 3. The Hall–Kier alpha value is -0.960. The molecule has 0 bridgehead atoms. The molecule has 0 fully saturated rings. The molecular weight excluding hydrogens is 466 g/mol. The van der Waals surface area contributed by atoms with Crippen LogP contribution in [-0.4, -0.2) is 11.5 Å². The zero-order valence-corrected chi connectivity index (χ0v) is 15.3. The minimum absolute atomic E-state index is 0. The molecule has 0 aliphatic carbocycles. The van der Waals surface area contributed by atoms with Crippen LogP contribution in [0.25, 0.3) is 0 Å². The third-order valence-corrected chi connectivity index (χ3v) is 3.97. The van der Waals surface area contributed by atoms with Crippen molar-refractivity contribution in [2.45, 2.75) is 12.4 Å². The Morgan fingerprint density at radius 2 is 1.65 bits per heavy atom. The van der Waals surface area contributed by atoms with Crippen LogP contribution in [0.4, 0.5) is 13.2 Å². The van der Waals surface area contributed by atoms with E-state index in [4.69, 9.17) is 5.73 Å². The molecule has 0 unspecified atom stereocenters. The maximum atomic E-state index is 12.1. The van der Waals surface area contributed by atoms with Gasteiger partial charge in [0.25, 0.3) is 0 Å². The molecule has 1 atom stereocenters. The SMILES string of the molecule is Cl.N[C@@H](c1ccc(OC(F)(F)F)cc1)c1c(O)cc(Br)cc1Br. The fraction of sp³-hybridized carbons (Fsp3) is 0.143. The summed E-state index contributed by atoms with van der Waals surface area (Å²) >= 11 is 6.54. The van der Waals surface area contributed by atoms with Crippen molar-refractivity contribution in [2.75, 3.05) is 0 Å². The Morgan fingerprint density at radius 1 is 1.09 bits per heavy atom. The van der Waals surface area contributed by atoms with Crippen molar-refractivity contribution in [3.8, 4) is 11.5 Å². The van der Waals surface area contributed by atoms with Gasteiger partial charge < -0.3 is 15.6 Å². The average molecular weight is 478 g/mol. The van der Waals surface area contributed by atoms with Gasteiger partial charge in [0.2, 0.25) is 0 Å². The van der Waals surface area contributed by atoms with Gasteiger partial charge in [0.05, 0.1) is 6.04 Å². The normalized spacial score (nSPS) is 12.4. The van der Waals surface area contributed by atoms with Crippen LogP contribution in [0.5, 0.6) is 11.5 Å². The van der Waals surface area contributed by atoms with Crippen LogP contribution < -0.4 is 10.5 Å². The molecule has 9 heteroatoms. The monoisotopic (exact) mass is 475 g/mol. The van der Waals surface area contributed by atoms with E-state index in [2.05, 4.69) is 36.6 Å². The number of benzene rings is 2. The number of aromatic hydroxyl groups is 1. The Balaban J connectivity index is 0.00000264. The van der Waals surface area contributed by atoms with E-state index in [1.165, 1.54) is 30.3 Å². The zero-order chi connectivity index (χ0) is 16.5. The fourth-order valence-electron chi connectivity index (χ4n) is 1.92. The molecule has 0 aliphatic heterocycles. The number of nitrogens with two attached hydrogens (primary N) is 1. The van der Waals surface area contributed by atoms with Crippen LogP contribution in [0.3, 0.4) is 0 Å². The summed E-state index contributed by atoms with van der Waals surface area (Å²) in [6.45, 7) is 0. The molecule has 0 spiro atoms. The predicted octanol–water partition coefficient (Wildman–Crippen LogP) is 5.29. The summed E-state index contributed by atoms with van der Waals surface area (Å²) in [6.07, 6.45) is -4.74. The molecule has 23 heavy (non-hydrogen) atoms. The van der Waals surface area contributed by atoms with Gasteiger partial charge in [-0.2, -0.15) is 0 Å². The van der Waals surface area contributed by atoms with Crippen molar-refractivity contribution in [3.63, 3.8) is 0 Å². The molecule has 126 valence electrons. The highest BCUT2D eigenvalue weighted by Gasteiger charge is 2.31. The van der Waals surface area contributed by atoms with Crippen molar-refractivity contribution >= 4 is 44.3 Å². The van der Waals surface area contributed by atoms with Gasteiger partial charge >= 0.3 is 6.36 Å². The first kappa shape index (κ1) is 20.1. The van der Waals surface area contributed by atoms with Crippen molar-refractivity contribution in [1.29, 1.82) is 0 Å². The molecule has 3 nitrogen and oxygen atoms in total. The summed E-state index contributed by atoms with van der Waals surface area (Å²) in [6, 6.07) is 7.68. The Morgan fingerprint density at radius 3 is 2.13 bits per heavy atom. The number of phenols is 1. The van der Waals surface area contributed by atoms with Gasteiger partial charge in [-0.25, -0.2) is 0 Å². The van der Waals surface area contributed by atoms with Crippen LogP contribution in [0.15, 0.2) is 45.3 Å². The average Bonchev–Trinajstić information content (AvgIpc) is 2.36. The summed E-state index contributed by atoms with van der Waals surface area (Å²) in [5.74, 6) is -0.355. The molecule has 0 saturated carbocycles. The van der Waals surface area contributed by atoms with Crippen molar-refractivity contribution in [3.05, 3.63) is 56.5 Å². The molecule has 0 radical (unpaired) electrons. The van der Waals surface area contributed by atoms with Gasteiger partial charge in [0, 0.05) is 14.5 Å². The number of rotatable bonds is 3. The molecule has 0 amide bonds. The Bertz CT molecular complexity index is 658. The zero-order valence-electron chi connectivity index (χ0n) is 11.3. The molecule has 2 rings (SSSR count). The van der Waals surface area contributed by atoms with E-state index < -0.39 is 12.4 Å². The first-order valence-electron chi connectivity index (χ1n) is 5.96. The first-order chi connectivity index (χ1) is 10.2. The van der Waals surface area contributed by atoms with E-state index in [0.29, 0.717) is 20.1 Å². The molecule has 3 N–H and O–H groups in total. The Kier molecular flexibility index (Phi) is 6.76. The number of ether oxygens (including phenoxy) is 1. The van der Waals surface area contributed by atoms with Gasteiger partial charge in [0.15, 0.2) is 0 Å². The third kappa shape index (κ3) is 5.27. The topological polar surface area (TPSA) is 55.5 Å². The summed E-state index contributed by atoms with van der Waals surface area (Å²) in [5, 5.41) is 10.00. The van der Waals surface area contributed by atoms with Crippen molar-refractivity contribution in [2.24, 2.45) is 5.73 Å². The molecule has 0 saturated heterocycles. The van der Waals surface area contributed by atoms with Gasteiger partial charge in [0.1, 0.15) is 11.5 Å². The largest absolute Gasteiger partial charge is 0.573 e. The Labute approximate surface area is 153 Å². The standard InChI is InChI=1S/C14H10Br2F3NO2.ClH/c15-8-5-10(16)12(11(21)6-8)13(20)7-1-3-9(4-2-7)22-14(17,18)19;/h1-6,13,21H,20H2;1H/t13-;/m0./s1. The summed E-state index contributed by atoms with van der Waals surface area (Å²) < 4.78 is 41.4. The predicted molar refractivity (Wildman–Crippen MR) is 89.9 cm³/mol. The molecule has 0 aliphatic rings. The summed E-state index contributed by atoms with van der Waals surface area (Å²) in [5.41, 5.74) is 7.05. The number of hydrogen-bond donors (Lipinski definition) is 2. The summed E-state index contributed by atoms with van der Waals surface area (Å²) in [7, 11) is 0. The second kappa shape index (κ2) is 7.74. The van der Waals surface area contributed by atoms with Gasteiger partial charge in [-0.05, 0) is 29.8 Å². The number of phenolic OH excluding ortho intramolecular Hbond substituents is 1. The first-order valence-corrected chi connectivity index (χ1v) is 7.55. The van der Waals surface area contributed by atoms with Crippen molar-refractivity contribution in [1.82, 2.24) is 0 Å². The van der Waals surface area contributed by atoms with Crippen LogP contribution in [0.1, 0.15) is 17.2 Å². The second-order valence-electron chi connectivity index (χ2n) is 4.41. The molecular formula is C14H11Br2ClF3NO2. The van der Waals surface area contributed by atoms with Gasteiger partial charge in [-0.3, -0.25) is 0 Å². The summed E-state index contributed by atoms with van der Waals surface area (Å²) in [4.78, 5) is 0. The quantitative estimate of drug-likeness (QED) is 0.632. The lowest BCUT2D eigenvalue weighted by molar-refractivity contribution is -0.274. The molecule has 0 aromatic heterocycles. The fourth-order valence-corrected chi connectivity index (χ4v) is 3.37. The van der Waals surface area contributed by atoms with Crippen LogP contribution in [0, 0.1) is 0 Å². The maximum absolute atomic E-state index is 12.1. The van der Waals surface area contributed by atoms with E-state index in [0.717, 1.165) is 0 Å². The highest BCUT2D eigenvalue weighted by molar-refractivity contribution is 9.11. The highest BCUT2D eigenvalue weighted by atomic mass is 79.9. The minimum Gasteiger partial charge on any atom is -0.508 e. The molecule has 0 heterocycles. The lowest BCUT2D eigenvalue weighted by Crippen LogP contribution is -2.17.